The second-order valence-corrected chi connectivity index (χ2v) is 5.10. The highest BCUT2D eigenvalue weighted by Crippen LogP contribution is 2.14. The third kappa shape index (κ3) is 5.31. The molecule has 1 aromatic heterocycles. The topological polar surface area (TPSA) is 39.1 Å². The second-order valence-electron chi connectivity index (χ2n) is 3.93. The summed E-state index contributed by atoms with van der Waals surface area (Å²) < 4.78 is 0. The molecule has 0 fully saturated rings. The zero-order chi connectivity index (χ0) is 12.5. The van der Waals surface area contributed by atoms with Crippen LogP contribution in [0.25, 0.3) is 0 Å². The van der Waals surface area contributed by atoms with Crippen LogP contribution < -0.4 is 5.32 Å². The summed E-state index contributed by atoms with van der Waals surface area (Å²) in [5.41, 5.74) is 0. The molecule has 0 aliphatic rings. The highest BCUT2D eigenvalue weighted by atomic mass is 32.1. The Morgan fingerprint density at radius 1 is 1.35 bits per heavy atom. The first kappa shape index (κ1) is 14.2. The van der Waals surface area contributed by atoms with Crippen LogP contribution in [0.2, 0.25) is 0 Å². The van der Waals surface area contributed by atoms with E-state index >= 15 is 0 Å². The van der Waals surface area contributed by atoms with Crippen LogP contribution in [0.15, 0.2) is 12.1 Å². The maximum Gasteiger partial charge on any atom is 0.110 e. The van der Waals surface area contributed by atoms with Gasteiger partial charge in [-0.05, 0) is 44.7 Å². The van der Waals surface area contributed by atoms with E-state index in [0.29, 0.717) is 0 Å². The molecule has 0 saturated heterocycles. The van der Waals surface area contributed by atoms with E-state index in [2.05, 4.69) is 30.1 Å². The summed E-state index contributed by atoms with van der Waals surface area (Å²) in [6, 6.07) is 6.08. The van der Waals surface area contributed by atoms with E-state index in [1.54, 1.807) is 11.3 Å². The normalized spacial score (nSPS) is 10.7. The number of hydrogen-bond acceptors (Lipinski definition) is 4. The fraction of sp³-hybridized carbons (Fsp3) is 0.615. The van der Waals surface area contributed by atoms with Crippen LogP contribution in [0.5, 0.6) is 0 Å². The van der Waals surface area contributed by atoms with Crippen molar-refractivity contribution in [1.82, 2.24) is 10.2 Å². The van der Waals surface area contributed by atoms with Crippen molar-refractivity contribution >= 4 is 11.3 Å². The molecule has 0 radical (unpaired) electrons. The van der Waals surface area contributed by atoms with Crippen LogP contribution in [0.4, 0.5) is 0 Å². The minimum Gasteiger partial charge on any atom is -0.312 e. The third-order valence-electron chi connectivity index (χ3n) is 2.79. The Morgan fingerprint density at radius 2 is 2.12 bits per heavy atom. The lowest BCUT2D eigenvalue weighted by atomic mass is 10.3. The van der Waals surface area contributed by atoms with E-state index < -0.39 is 0 Å². The molecular weight excluding hydrogens is 230 g/mol. The van der Waals surface area contributed by atoms with Crippen molar-refractivity contribution in [2.24, 2.45) is 0 Å². The molecule has 0 unspecified atom stereocenters. The number of rotatable bonds is 8. The summed E-state index contributed by atoms with van der Waals surface area (Å²) in [5.74, 6) is 0. The fourth-order valence-corrected chi connectivity index (χ4v) is 2.49. The van der Waals surface area contributed by atoms with Crippen LogP contribution >= 0.6 is 11.3 Å². The average molecular weight is 251 g/mol. The molecule has 0 aliphatic heterocycles. The van der Waals surface area contributed by atoms with E-state index in [1.807, 2.05) is 12.1 Å². The lowest BCUT2D eigenvalue weighted by molar-refractivity contribution is 0.298. The number of nitrogens with zero attached hydrogens (tertiary/aromatic N) is 2. The largest absolute Gasteiger partial charge is 0.312 e. The molecule has 1 rings (SSSR count). The zero-order valence-electron chi connectivity index (χ0n) is 10.7. The molecular formula is C13H21N3S. The zero-order valence-corrected chi connectivity index (χ0v) is 11.5. The lowest BCUT2D eigenvalue weighted by Gasteiger charge is -2.17. The van der Waals surface area contributed by atoms with E-state index in [9.17, 15) is 0 Å². The molecule has 0 amide bonds. The lowest BCUT2D eigenvalue weighted by Crippen LogP contribution is -2.27. The van der Waals surface area contributed by atoms with Gasteiger partial charge < -0.3 is 10.2 Å². The minimum absolute atomic E-state index is 0.796. The molecule has 1 heterocycles. The number of nitriles is 1. The Balaban J connectivity index is 2.10. The van der Waals surface area contributed by atoms with Crippen molar-refractivity contribution in [3.8, 4) is 6.07 Å². The van der Waals surface area contributed by atoms with Crippen molar-refractivity contribution in [2.45, 2.75) is 26.8 Å². The number of thiophene rings is 1. The fourth-order valence-electron chi connectivity index (χ4n) is 1.71. The van der Waals surface area contributed by atoms with Gasteiger partial charge in [0.2, 0.25) is 0 Å². The monoisotopic (exact) mass is 251 g/mol. The van der Waals surface area contributed by atoms with Crippen molar-refractivity contribution < 1.29 is 0 Å². The van der Waals surface area contributed by atoms with Gasteiger partial charge in [0, 0.05) is 11.4 Å². The summed E-state index contributed by atoms with van der Waals surface area (Å²) in [5, 5.41) is 12.1. The smallest absolute Gasteiger partial charge is 0.110 e. The first-order chi connectivity index (χ1) is 8.30. The maximum absolute atomic E-state index is 8.71. The van der Waals surface area contributed by atoms with Crippen molar-refractivity contribution in [3.05, 3.63) is 21.9 Å². The Kier molecular flexibility index (Phi) is 6.87. The summed E-state index contributed by atoms with van der Waals surface area (Å²) in [7, 11) is 0. The van der Waals surface area contributed by atoms with Crippen LogP contribution in [0.1, 0.15) is 30.0 Å². The molecule has 94 valence electrons. The first-order valence-electron chi connectivity index (χ1n) is 6.22. The second kappa shape index (κ2) is 8.24. The van der Waals surface area contributed by atoms with E-state index in [0.717, 1.165) is 37.6 Å². The van der Waals surface area contributed by atoms with Gasteiger partial charge in [-0.1, -0.05) is 13.8 Å². The highest BCUT2D eigenvalue weighted by Gasteiger charge is 2.00. The molecule has 3 nitrogen and oxygen atoms in total. The van der Waals surface area contributed by atoms with Crippen LogP contribution in [0, 0.1) is 11.3 Å². The van der Waals surface area contributed by atoms with Gasteiger partial charge in [0.25, 0.3) is 0 Å². The molecule has 1 aromatic rings. The number of nitrogens with one attached hydrogen (secondary N) is 1. The predicted molar refractivity (Wildman–Crippen MR) is 73.1 cm³/mol. The van der Waals surface area contributed by atoms with E-state index in [1.165, 1.54) is 11.3 Å². The van der Waals surface area contributed by atoms with Gasteiger partial charge in [-0.25, -0.2) is 0 Å². The quantitative estimate of drug-likeness (QED) is 0.721. The van der Waals surface area contributed by atoms with Gasteiger partial charge in [0.1, 0.15) is 10.9 Å². The van der Waals surface area contributed by atoms with Gasteiger partial charge in [0.15, 0.2) is 0 Å². The van der Waals surface area contributed by atoms with Gasteiger partial charge in [0.05, 0.1) is 0 Å². The molecule has 0 aliphatic carbocycles. The molecule has 0 aromatic carbocycles. The summed E-state index contributed by atoms with van der Waals surface area (Å²) in [4.78, 5) is 4.47. The molecule has 0 atom stereocenters. The Hall–Kier alpha value is -0.890. The maximum atomic E-state index is 8.71. The summed E-state index contributed by atoms with van der Waals surface area (Å²) in [6.45, 7) is 9.74. The third-order valence-corrected chi connectivity index (χ3v) is 3.78. The summed E-state index contributed by atoms with van der Waals surface area (Å²) >= 11 is 1.57. The molecule has 0 bridgehead atoms. The van der Waals surface area contributed by atoms with Crippen LogP contribution in [-0.4, -0.2) is 31.1 Å². The van der Waals surface area contributed by atoms with Crippen molar-refractivity contribution in [3.63, 3.8) is 0 Å². The van der Waals surface area contributed by atoms with Gasteiger partial charge >= 0.3 is 0 Å². The van der Waals surface area contributed by atoms with Crippen molar-refractivity contribution in [1.29, 1.82) is 5.26 Å². The molecule has 0 saturated carbocycles. The van der Waals surface area contributed by atoms with E-state index in [4.69, 9.17) is 5.26 Å². The highest BCUT2D eigenvalue weighted by molar-refractivity contribution is 7.12. The van der Waals surface area contributed by atoms with E-state index in [-0.39, 0.29) is 0 Å². The Labute approximate surface area is 108 Å². The Morgan fingerprint density at radius 3 is 2.71 bits per heavy atom. The Bertz CT molecular complexity index is 350. The average Bonchev–Trinajstić information content (AvgIpc) is 2.82. The molecule has 4 heteroatoms. The standard InChI is InChI=1S/C13H21N3S/c1-3-16(4-2)9-5-8-15-11-13-7-6-12(10-14)17-13/h6-7,15H,3-5,8-9,11H2,1-2H3. The van der Waals surface area contributed by atoms with Crippen LogP contribution in [-0.2, 0) is 6.54 Å². The van der Waals surface area contributed by atoms with Crippen LogP contribution in [0.3, 0.4) is 0 Å². The first-order valence-corrected chi connectivity index (χ1v) is 7.03. The van der Waals surface area contributed by atoms with Crippen molar-refractivity contribution in [2.75, 3.05) is 26.2 Å². The molecule has 17 heavy (non-hydrogen) atoms. The summed E-state index contributed by atoms with van der Waals surface area (Å²) in [6.07, 6.45) is 1.18. The van der Waals surface area contributed by atoms with Gasteiger partial charge in [-0.15, -0.1) is 11.3 Å². The predicted octanol–water partition coefficient (Wildman–Crippen LogP) is 2.44. The minimum atomic E-state index is 0.796. The molecule has 0 spiro atoms. The van der Waals surface area contributed by atoms with Gasteiger partial charge in [-0.2, -0.15) is 5.26 Å². The molecule has 1 N–H and O–H groups in total. The van der Waals surface area contributed by atoms with Gasteiger partial charge in [-0.3, -0.25) is 0 Å². The SMILES string of the molecule is CCN(CC)CCCNCc1ccc(C#N)s1. The number of hydrogen-bond donors (Lipinski definition) is 1.